The maximum Gasteiger partial charge on any atom is 0.319 e. The number of nitrogens with one attached hydrogen (secondary N) is 3. The summed E-state index contributed by atoms with van der Waals surface area (Å²) in [6.07, 6.45) is 0. The molecule has 2 aromatic carbocycles. The largest absolute Gasteiger partial charge is 0.380 e. The predicted molar refractivity (Wildman–Crippen MR) is 89.2 cm³/mol. The van der Waals surface area contributed by atoms with E-state index in [1.165, 1.54) is 0 Å². The fourth-order valence-corrected chi connectivity index (χ4v) is 1.91. The fraction of sp³-hybridized carbons (Fsp3) is 0.176. The Morgan fingerprint density at radius 1 is 0.913 bits per heavy atom. The molecule has 6 nitrogen and oxygen atoms in total. The number of benzene rings is 2. The molecule has 0 aromatic heterocycles. The first-order valence-corrected chi connectivity index (χ1v) is 7.15. The minimum absolute atomic E-state index is 0.109. The third kappa shape index (κ3) is 5.80. The molecule has 0 spiro atoms. The number of amides is 3. The van der Waals surface area contributed by atoms with Gasteiger partial charge in [0.1, 0.15) is 0 Å². The monoisotopic (exact) mass is 313 g/mol. The molecule has 0 aliphatic heterocycles. The minimum atomic E-state index is -0.437. The van der Waals surface area contributed by atoms with Crippen molar-refractivity contribution in [3.8, 4) is 0 Å². The van der Waals surface area contributed by atoms with Crippen LogP contribution in [0.3, 0.4) is 0 Å². The van der Waals surface area contributed by atoms with Crippen LogP contribution in [0.25, 0.3) is 0 Å². The predicted octanol–water partition coefficient (Wildman–Crippen LogP) is 2.59. The van der Waals surface area contributed by atoms with Crippen LogP contribution in [-0.2, 0) is 16.1 Å². The van der Waals surface area contributed by atoms with E-state index in [4.69, 9.17) is 4.74 Å². The molecule has 0 aliphatic carbocycles. The maximum absolute atomic E-state index is 11.8. The Hall–Kier alpha value is -2.86. The molecule has 0 radical (unpaired) electrons. The van der Waals surface area contributed by atoms with Gasteiger partial charge in [0.15, 0.2) is 0 Å². The summed E-state index contributed by atoms with van der Waals surface area (Å²) in [5.41, 5.74) is 2.35. The average molecular weight is 313 g/mol. The van der Waals surface area contributed by atoms with Crippen molar-refractivity contribution in [1.82, 2.24) is 5.32 Å². The maximum atomic E-state index is 11.8. The van der Waals surface area contributed by atoms with Crippen LogP contribution in [0.2, 0.25) is 0 Å². The van der Waals surface area contributed by atoms with Crippen LogP contribution in [0.5, 0.6) is 0 Å². The number of hydrogen-bond acceptors (Lipinski definition) is 3. The van der Waals surface area contributed by atoms with Crippen LogP contribution in [0.4, 0.5) is 16.2 Å². The molecule has 0 aliphatic rings. The molecule has 0 saturated heterocycles. The summed E-state index contributed by atoms with van der Waals surface area (Å²) in [5.74, 6) is -0.290. The third-order valence-corrected chi connectivity index (χ3v) is 2.99. The SMILES string of the molecule is COCc1ccc(NC(=O)NCC(=O)Nc2ccccc2)cc1. The molecule has 23 heavy (non-hydrogen) atoms. The molecular weight excluding hydrogens is 294 g/mol. The second kappa shape index (κ2) is 8.55. The number of carbonyl (C=O) groups excluding carboxylic acids is 2. The number of para-hydroxylation sites is 1. The van der Waals surface area contributed by atoms with Crippen molar-refractivity contribution in [3.63, 3.8) is 0 Å². The molecule has 6 heteroatoms. The molecule has 120 valence electrons. The van der Waals surface area contributed by atoms with Gasteiger partial charge in [-0.3, -0.25) is 4.79 Å². The van der Waals surface area contributed by atoms with Gasteiger partial charge in [0.05, 0.1) is 13.2 Å². The number of hydrogen-bond donors (Lipinski definition) is 3. The number of ether oxygens (including phenoxy) is 1. The normalized spacial score (nSPS) is 9.96. The van der Waals surface area contributed by atoms with Gasteiger partial charge in [-0.2, -0.15) is 0 Å². The van der Waals surface area contributed by atoms with E-state index in [0.717, 1.165) is 5.56 Å². The average Bonchev–Trinajstić information content (AvgIpc) is 2.56. The van der Waals surface area contributed by atoms with Gasteiger partial charge < -0.3 is 20.7 Å². The van der Waals surface area contributed by atoms with Crippen molar-refractivity contribution in [2.45, 2.75) is 6.61 Å². The van der Waals surface area contributed by atoms with Gasteiger partial charge in [0.25, 0.3) is 0 Å². The molecule has 2 rings (SSSR count). The van der Waals surface area contributed by atoms with Gasteiger partial charge >= 0.3 is 6.03 Å². The highest BCUT2D eigenvalue weighted by atomic mass is 16.5. The van der Waals surface area contributed by atoms with Gasteiger partial charge in [-0.05, 0) is 29.8 Å². The topological polar surface area (TPSA) is 79.5 Å². The van der Waals surface area contributed by atoms with Gasteiger partial charge in [-0.25, -0.2) is 4.79 Å². The van der Waals surface area contributed by atoms with E-state index < -0.39 is 6.03 Å². The molecule has 0 atom stereocenters. The van der Waals surface area contributed by atoms with Crippen molar-refractivity contribution in [1.29, 1.82) is 0 Å². The van der Waals surface area contributed by atoms with Gasteiger partial charge in [-0.15, -0.1) is 0 Å². The van der Waals surface area contributed by atoms with Crippen LogP contribution in [-0.4, -0.2) is 25.6 Å². The molecule has 2 aromatic rings. The lowest BCUT2D eigenvalue weighted by Crippen LogP contribution is -2.35. The number of rotatable bonds is 6. The van der Waals surface area contributed by atoms with Crippen LogP contribution in [0, 0.1) is 0 Å². The van der Waals surface area contributed by atoms with E-state index >= 15 is 0 Å². The number of methoxy groups -OCH3 is 1. The third-order valence-electron chi connectivity index (χ3n) is 2.99. The molecule has 0 saturated carbocycles. The van der Waals surface area contributed by atoms with Crippen molar-refractivity contribution >= 4 is 23.3 Å². The number of anilines is 2. The number of urea groups is 1. The van der Waals surface area contributed by atoms with Crippen molar-refractivity contribution in [3.05, 3.63) is 60.2 Å². The zero-order valence-electron chi connectivity index (χ0n) is 12.8. The number of carbonyl (C=O) groups is 2. The standard InChI is InChI=1S/C17H19N3O3/c1-23-12-13-7-9-15(10-8-13)20-17(22)18-11-16(21)19-14-5-3-2-4-6-14/h2-10H,11-12H2,1H3,(H,19,21)(H2,18,20,22). The van der Waals surface area contributed by atoms with E-state index in [2.05, 4.69) is 16.0 Å². The van der Waals surface area contributed by atoms with Crippen LogP contribution in [0.15, 0.2) is 54.6 Å². The Balaban J connectivity index is 1.75. The first-order chi connectivity index (χ1) is 11.2. The Labute approximate surface area is 134 Å². The molecule has 0 bridgehead atoms. The quantitative estimate of drug-likeness (QED) is 0.767. The van der Waals surface area contributed by atoms with Crippen LogP contribution < -0.4 is 16.0 Å². The summed E-state index contributed by atoms with van der Waals surface area (Å²) >= 11 is 0. The first kappa shape index (κ1) is 16.5. The minimum Gasteiger partial charge on any atom is -0.380 e. The van der Waals surface area contributed by atoms with Crippen LogP contribution in [0.1, 0.15) is 5.56 Å². The summed E-state index contributed by atoms with van der Waals surface area (Å²) in [4.78, 5) is 23.5. The van der Waals surface area contributed by atoms with Gasteiger partial charge in [-0.1, -0.05) is 30.3 Å². The first-order valence-electron chi connectivity index (χ1n) is 7.15. The fourth-order valence-electron chi connectivity index (χ4n) is 1.91. The Morgan fingerprint density at radius 3 is 2.22 bits per heavy atom. The molecule has 0 fully saturated rings. The zero-order valence-corrected chi connectivity index (χ0v) is 12.8. The Morgan fingerprint density at radius 2 is 1.57 bits per heavy atom. The van der Waals surface area contributed by atoms with Gasteiger partial charge in [0.2, 0.25) is 5.91 Å². The second-order valence-electron chi connectivity index (χ2n) is 4.85. The molecule has 3 N–H and O–H groups in total. The highest BCUT2D eigenvalue weighted by Gasteiger charge is 2.06. The summed E-state index contributed by atoms with van der Waals surface area (Å²) in [5, 5.41) is 7.85. The van der Waals surface area contributed by atoms with E-state index in [9.17, 15) is 9.59 Å². The van der Waals surface area contributed by atoms with E-state index in [-0.39, 0.29) is 12.5 Å². The zero-order chi connectivity index (χ0) is 16.5. The van der Waals surface area contributed by atoms with Crippen molar-refractivity contribution in [2.24, 2.45) is 0 Å². The second-order valence-corrected chi connectivity index (χ2v) is 4.85. The van der Waals surface area contributed by atoms with Crippen molar-refractivity contribution in [2.75, 3.05) is 24.3 Å². The summed E-state index contributed by atoms with van der Waals surface area (Å²) < 4.78 is 5.02. The summed E-state index contributed by atoms with van der Waals surface area (Å²) in [7, 11) is 1.63. The van der Waals surface area contributed by atoms with E-state index in [0.29, 0.717) is 18.0 Å². The lowest BCUT2D eigenvalue weighted by molar-refractivity contribution is -0.115. The van der Waals surface area contributed by atoms with Gasteiger partial charge in [0, 0.05) is 18.5 Å². The highest BCUT2D eigenvalue weighted by Crippen LogP contribution is 2.10. The Bertz CT molecular complexity index is 642. The summed E-state index contributed by atoms with van der Waals surface area (Å²) in [6, 6.07) is 15.9. The van der Waals surface area contributed by atoms with E-state index in [1.54, 1.807) is 31.4 Å². The highest BCUT2D eigenvalue weighted by molar-refractivity contribution is 5.96. The smallest absolute Gasteiger partial charge is 0.319 e. The summed E-state index contributed by atoms with van der Waals surface area (Å²) in [6.45, 7) is 0.411. The molecule has 3 amide bonds. The molecule has 0 unspecified atom stereocenters. The lowest BCUT2D eigenvalue weighted by atomic mass is 10.2. The van der Waals surface area contributed by atoms with Crippen LogP contribution >= 0.6 is 0 Å². The molecular formula is C17H19N3O3. The van der Waals surface area contributed by atoms with Crippen molar-refractivity contribution < 1.29 is 14.3 Å². The Kier molecular flexibility index (Phi) is 6.14. The lowest BCUT2D eigenvalue weighted by Gasteiger charge is -2.09. The molecule has 0 heterocycles. The van der Waals surface area contributed by atoms with E-state index in [1.807, 2.05) is 30.3 Å².